The van der Waals surface area contributed by atoms with E-state index in [1.165, 1.54) is 0 Å². The Hall–Kier alpha value is -1.28. The summed E-state index contributed by atoms with van der Waals surface area (Å²) in [5, 5.41) is 11.4. The summed E-state index contributed by atoms with van der Waals surface area (Å²) in [6.45, 7) is 6.96. The van der Waals surface area contributed by atoms with Gasteiger partial charge in [0.1, 0.15) is 0 Å². The molecule has 0 aromatic carbocycles. The van der Waals surface area contributed by atoms with E-state index in [1.54, 1.807) is 11.8 Å². The summed E-state index contributed by atoms with van der Waals surface area (Å²) >= 11 is 1.78. The van der Waals surface area contributed by atoms with Gasteiger partial charge in [-0.05, 0) is 0 Å². The van der Waals surface area contributed by atoms with Gasteiger partial charge in [-0.15, -0.1) is 16.9 Å². The monoisotopic (exact) mass is 311 g/mol. The maximum atomic E-state index is 12.3. The molecular formula is C13H21N5O2S. The quantitative estimate of drug-likeness (QED) is 0.871. The van der Waals surface area contributed by atoms with E-state index in [9.17, 15) is 4.79 Å². The number of carbonyl (C=O) groups is 1. The van der Waals surface area contributed by atoms with Crippen LogP contribution in [-0.2, 0) is 4.79 Å². The Balaban J connectivity index is 1.55. The van der Waals surface area contributed by atoms with Crippen LogP contribution in [0.4, 0.5) is 6.01 Å². The third-order valence-electron chi connectivity index (χ3n) is 3.80. The minimum absolute atomic E-state index is 0.0162. The molecule has 8 heteroatoms. The summed E-state index contributed by atoms with van der Waals surface area (Å²) in [6, 6.07) is 0.554. The maximum Gasteiger partial charge on any atom is 0.318 e. The lowest BCUT2D eigenvalue weighted by atomic mass is 10.2. The number of piperazine rings is 1. The first-order valence-corrected chi connectivity index (χ1v) is 8.49. The highest BCUT2D eigenvalue weighted by Crippen LogP contribution is 2.20. The van der Waals surface area contributed by atoms with E-state index in [0.717, 1.165) is 24.7 Å². The lowest BCUT2D eigenvalue weighted by Crippen LogP contribution is -2.53. The summed E-state index contributed by atoms with van der Waals surface area (Å²) in [7, 11) is 0. The van der Waals surface area contributed by atoms with Crippen LogP contribution in [0, 0.1) is 0 Å². The largest absolute Gasteiger partial charge is 0.408 e. The predicted molar refractivity (Wildman–Crippen MR) is 81.4 cm³/mol. The van der Waals surface area contributed by atoms with Gasteiger partial charge in [-0.1, -0.05) is 18.9 Å². The van der Waals surface area contributed by atoms with E-state index >= 15 is 0 Å². The van der Waals surface area contributed by atoms with Gasteiger partial charge in [0.25, 0.3) is 0 Å². The Bertz CT molecular complexity index is 493. The van der Waals surface area contributed by atoms with E-state index in [0.29, 0.717) is 25.0 Å². The Morgan fingerprint density at radius 3 is 2.67 bits per heavy atom. The van der Waals surface area contributed by atoms with Crippen LogP contribution in [-0.4, -0.2) is 64.9 Å². The molecule has 21 heavy (non-hydrogen) atoms. The molecule has 7 nitrogen and oxygen atoms in total. The molecule has 2 aliphatic rings. The van der Waals surface area contributed by atoms with Crippen molar-refractivity contribution in [2.24, 2.45) is 0 Å². The second kappa shape index (κ2) is 6.23. The second-order valence-corrected chi connectivity index (χ2v) is 6.69. The fraction of sp³-hybridized carbons (Fsp3) is 0.769. The fourth-order valence-electron chi connectivity index (χ4n) is 2.48. The van der Waals surface area contributed by atoms with Gasteiger partial charge in [0.2, 0.25) is 11.8 Å². The van der Waals surface area contributed by atoms with Crippen molar-refractivity contribution in [3.05, 3.63) is 5.89 Å². The van der Waals surface area contributed by atoms with Gasteiger partial charge in [-0.2, -0.15) is 0 Å². The molecule has 1 aromatic heterocycles. The van der Waals surface area contributed by atoms with Gasteiger partial charge < -0.3 is 14.2 Å². The first-order chi connectivity index (χ1) is 10.1. The minimum atomic E-state index is -0.0162. The zero-order valence-corrected chi connectivity index (χ0v) is 13.2. The number of hydrogen-bond acceptors (Lipinski definition) is 7. The van der Waals surface area contributed by atoms with Gasteiger partial charge in [-0.25, -0.2) is 0 Å². The van der Waals surface area contributed by atoms with Crippen molar-refractivity contribution < 1.29 is 9.21 Å². The Morgan fingerprint density at radius 1 is 1.33 bits per heavy atom. The Labute approximate surface area is 128 Å². The molecule has 2 saturated heterocycles. The molecule has 3 rings (SSSR count). The molecule has 1 unspecified atom stereocenters. The molecule has 0 radical (unpaired) electrons. The average molecular weight is 311 g/mol. The van der Waals surface area contributed by atoms with E-state index in [1.807, 2.05) is 18.7 Å². The standard InChI is InChI=1S/C13H21N5O2S/c1-9(2)11-15-16-13(20-11)18-5-3-17(4-6-18)12(19)10-7-21-8-14-10/h9-10,14H,3-8H2,1-2H3. The first-order valence-electron chi connectivity index (χ1n) is 7.33. The predicted octanol–water partition coefficient (Wildman–Crippen LogP) is 0.504. The number of anilines is 1. The van der Waals surface area contributed by atoms with E-state index in [4.69, 9.17) is 4.42 Å². The fourth-order valence-corrected chi connectivity index (χ4v) is 3.41. The lowest BCUT2D eigenvalue weighted by molar-refractivity contribution is -0.132. The van der Waals surface area contributed by atoms with Crippen molar-refractivity contribution >= 4 is 23.7 Å². The molecule has 3 heterocycles. The van der Waals surface area contributed by atoms with Gasteiger partial charge in [0, 0.05) is 43.7 Å². The summed E-state index contributed by atoms with van der Waals surface area (Å²) < 4.78 is 5.66. The van der Waals surface area contributed by atoms with Crippen molar-refractivity contribution in [3.8, 4) is 0 Å². The third-order valence-corrected chi connectivity index (χ3v) is 4.74. The van der Waals surface area contributed by atoms with Crippen LogP contribution in [0.5, 0.6) is 0 Å². The van der Waals surface area contributed by atoms with Crippen LogP contribution in [0.2, 0.25) is 0 Å². The van der Waals surface area contributed by atoms with E-state index < -0.39 is 0 Å². The Morgan fingerprint density at radius 2 is 2.10 bits per heavy atom. The van der Waals surface area contributed by atoms with Crippen LogP contribution in [0.15, 0.2) is 4.42 Å². The van der Waals surface area contributed by atoms with Crippen LogP contribution in [0.25, 0.3) is 0 Å². The van der Waals surface area contributed by atoms with Crippen LogP contribution in [0.3, 0.4) is 0 Å². The number of thioether (sulfide) groups is 1. The molecule has 0 spiro atoms. The number of nitrogens with one attached hydrogen (secondary N) is 1. The first kappa shape index (κ1) is 14.6. The summed E-state index contributed by atoms with van der Waals surface area (Å²) in [6.07, 6.45) is 0. The van der Waals surface area contributed by atoms with Gasteiger partial charge in [0.05, 0.1) is 6.04 Å². The zero-order chi connectivity index (χ0) is 14.8. The number of rotatable bonds is 3. The molecule has 1 N–H and O–H groups in total. The molecular weight excluding hydrogens is 290 g/mol. The molecule has 1 aromatic rings. The summed E-state index contributed by atoms with van der Waals surface area (Å²) in [5.74, 6) is 2.86. The van der Waals surface area contributed by atoms with E-state index in [-0.39, 0.29) is 17.9 Å². The molecule has 0 aliphatic carbocycles. The van der Waals surface area contributed by atoms with Gasteiger partial charge in [0.15, 0.2) is 0 Å². The molecule has 116 valence electrons. The number of amides is 1. The highest BCUT2D eigenvalue weighted by molar-refractivity contribution is 7.99. The zero-order valence-electron chi connectivity index (χ0n) is 12.4. The summed E-state index contributed by atoms with van der Waals surface area (Å²) in [4.78, 5) is 16.3. The number of hydrogen-bond donors (Lipinski definition) is 1. The SMILES string of the molecule is CC(C)c1nnc(N2CCN(C(=O)C3CSCN3)CC2)o1. The highest BCUT2D eigenvalue weighted by atomic mass is 32.2. The van der Waals surface area contributed by atoms with Crippen molar-refractivity contribution in [1.29, 1.82) is 0 Å². The maximum absolute atomic E-state index is 12.3. The van der Waals surface area contributed by atoms with Crippen molar-refractivity contribution in [2.75, 3.05) is 42.7 Å². The number of aromatic nitrogens is 2. The van der Waals surface area contributed by atoms with Crippen molar-refractivity contribution in [1.82, 2.24) is 20.4 Å². The molecule has 0 saturated carbocycles. The molecule has 2 aliphatic heterocycles. The van der Waals surface area contributed by atoms with Crippen molar-refractivity contribution in [2.45, 2.75) is 25.8 Å². The molecule has 1 amide bonds. The topological polar surface area (TPSA) is 74.5 Å². The van der Waals surface area contributed by atoms with Crippen LogP contribution >= 0.6 is 11.8 Å². The normalized spacial score (nSPS) is 23.1. The minimum Gasteiger partial charge on any atom is -0.408 e. The average Bonchev–Trinajstić information content (AvgIpc) is 3.18. The smallest absolute Gasteiger partial charge is 0.318 e. The van der Waals surface area contributed by atoms with Crippen LogP contribution < -0.4 is 10.2 Å². The second-order valence-electron chi connectivity index (χ2n) is 5.66. The molecule has 0 bridgehead atoms. The lowest BCUT2D eigenvalue weighted by Gasteiger charge is -2.34. The van der Waals surface area contributed by atoms with Gasteiger partial charge in [-0.3, -0.25) is 10.1 Å². The van der Waals surface area contributed by atoms with Crippen molar-refractivity contribution in [3.63, 3.8) is 0 Å². The molecule has 1 atom stereocenters. The van der Waals surface area contributed by atoms with E-state index in [2.05, 4.69) is 20.4 Å². The van der Waals surface area contributed by atoms with Crippen LogP contribution in [0.1, 0.15) is 25.7 Å². The highest BCUT2D eigenvalue weighted by Gasteiger charge is 2.30. The Kier molecular flexibility index (Phi) is 4.34. The van der Waals surface area contributed by atoms with Gasteiger partial charge >= 0.3 is 6.01 Å². The molecule has 2 fully saturated rings. The number of carbonyl (C=O) groups excluding carboxylic acids is 1. The third kappa shape index (κ3) is 3.16. The number of nitrogens with zero attached hydrogens (tertiary/aromatic N) is 4. The summed E-state index contributed by atoms with van der Waals surface area (Å²) in [5.41, 5.74) is 0.